The van der Waals surface area contributed by atoms with Crippen molar-refractivity contribution in [3.05, 3.63) is 29.3 Å². The molecule has 1 aromatic rings. The highest BCUT2D eigenvalue weighted by Crippen LogP contribution is 2.71. The number of likely N-dealkylation sites (tertiary alicyclic amines) is 1. The van der Waals surface area contributed by atoms with Gasteiger partial charge in [-0.2, -0.15) is 0 Å². The maximum absolute atomic E-state index is 13.7. The molecule has 2 unspecified atom stereocenters. The van der Waals surface area contributed by atoms with E-state index >= 15 is 0 Å². The molecule has 0 aliphatic carbocycles. The van der Waals surface area contributed by atoms with Crippen LogP contribution in [-0.2, 0) is 14.4 Å². The van der Waals surface area contributed by atoms with E-state index in [1.54, 1.807) is 11.8 Å². The molecule has 3 saturated heterocycles. The molecule has 3 amide bonds. The van der Waals surface area contributed by atoms with E-state index in [0.29, 0.717) is 13.0 Å². The van der Waals surface area contributed by atoms with E-state index in [1.807, 2.05) is 39.0 Å². The van der Waals surface area contributed by atoms with Crippen molar-refractivity contribution in [1.82, 2.24) is 10.2 Å². The molecule has 3 aliphatic rings. The zero-order valence-electron chi connectivity index (χ0n) is 19.2. The number of anilines is 1. The minimum Gasteiger partial charge on any atom is -0.395 e. The molecule has 174 valence electrons. The summed E-state index contributed by atoms with van der Waals surface area (Å²) in [6.07, 6.45) is 2.31. The molecule has 1 spiro atoms. The standard InChI is InChI=1S/C24H33N3O4S/c1-5-10-25-20(29)17-18-22(31)27(11-12-28)19(24(18)9-8-23(17,4)32-24)21(30)26-16-13-14(2)6-7-15(16)3/h6-7,13,17-19,28H,5,8-12H2,1-4H3,(H,25,29)(H,26,30)/t17-,18+,19?,23+,24?/m1/s1. The maximum Gasteiger partial charge on any atom is 0.248 e. The predicted molar refractivity (Wildman–Crippen MR) is 125 cm³/mol. The number of nitrogens with one attached hydrogen (secondary N) is 2. The second-order valence-corrected chi connectivity index (χ2v) is 11.5. The Kier molecular flexibility index (Phi) is 6.05. The maximum atomic E-state index is 13.7. The number of β-amino-alcohol motifs (C(OH)–C–C–N with tert-alkyl or cyclic N) is 1. The van der Waals surface area contributed by atoms with Gasteiger partial charge in [-0.1, -0.05) is 19.1 Å². The van der Waals surface area contributed by atoms with Crippen LogP contribution in [0.3, 0.4) is 0 Å². The van der Waals surface area contributed by atoms with Crippen molar-refractivity contribution in [3.8, 4) is 0 Å². The van der Waals surface area contributed by atoms with Gasteiger partial charge in [-0.15, -0.1) is 11.8 Å². The number of aliphatic hydroxyl groups is 1. The number of benzene rings is 1. The third-order valence-electron chi connectivity index (χ3n) is 7.35. The smallest absolute Gasteiger partial charge is 0.248 e. The summed E-state index contributed by atoms with van der Waals surface area (Å²) in [5, 5.41) is 15.7. The molecule has 3 N–H and O–H groups in total. The van der Waals surface area contributed by atoms with Crippen LogP contribution in [0.5, 0.6) is 0 Å². The van der Waals surface area contributed by atoms with Crippen LogP contribution in [0, 0.1) is 25.7 Å². The molecule has 8 heteroatoms. The first-order chi connectivity index (χ1) is 15.2. The Bertz CT molecular complexity index is 953. The Morgan fingerprint density at radius 1 is 1.25 bits per heavy atom. The molecule has 0 radical (unpaired) electrons. The van der Waals surface area contributed by atoms with Gasteiger partial charge >= 0.3 is 0 Å². The summed E-state index contributed by atoms with van der Waals surface area (Å²) < 4.78 is -1.03. The van der Waals surface area contributed by atoms with Gasteiger partial charge in [0.25, 0.3) is 0 Å². The molecule has 0 aromatic heterocycles. The predicted octanol–water partition coefficient (Wildman–Crippen LogP) is 2.24. The molecular weight excluding hydrogens is 426 g/mol. The van der Waals surface area contributed by atoms with E-state index in [1.165, 1.54) is 4.90 Å². The summed E-state index contributed by atoms with van der Waals surface area (Å²) in [5.41, 5.74) is 2.71. The minimum atomic E-state index is -0.720. The van der Waals surface area contributed by atoms with E-state index < -0.39 is 22.6 Å². The van der Waals surface area contributed by atoms with Crippen molar-refractivity contribution in [2.45, 2.75) is 62.5 Å². The molecule has 3 fully saturated rings. The largest absolute Gasteiger partial charge is 0.395 e. The fourth-order valence-electron chi connectivity index (χ4n) is 5.91. The lowest BCUT2D eigenvalue weighted by molar-refractivity contribution is -0.140. The number of rotatable bonds is 7. The average molecular weight is 460 g/mol. The average Bonchev–Trinajstić information content (AvgIpc) is 3.30. The van der Waals surface area contributed by atoms with E-state index in [2.05, 4.69) is 17.6 Å². The second-order valence-electron chi connectivity index (χ2n) is 9.58. The monoisotopic (exact) mass is 459 g/mol. The normalized spacial score (nSPS) is 32.8. The first-order valence-corrected chi connectivity index (χ1v) is 12.3. The van der Waals surface area contributed by atoms with Crippen LogP contribution >= 0.6 is 11.8 Å². The summed E-state index contributed by atoms with van der Waals surface area (Å²) in [5.74, 6) is -1.55. The second kappa shape index (κ2) is 8.37. The molecule has 7 nitrogen and oxygen atoms in total. The molecular formula is C24H33N3O4S. The molecule has 1 aromatic carbocycles. The molecule has 0 saturated carbocycles. The molecule has 32 heavy (non-hydrogen) atoms. The summed E-state index contributed by atoms with van der Waals surface area (Å²) in [6, 6.07) is 5.16. The Balaban J connectivity index is 1.71. The van der Waals surface area contributed by atoms with Crippen LogP contribution < -0.4 is 10.6 Å². The zero-order chi connectivity index (χ0) is 23.3. The van der Waals surface area contributed by atoms with Crippen LogP contribution in [-0.4, -0.2) is 63.0 Å². The topological polar surface area (TPSA) is 98.7 Å². The third-order valence-corrected chi connectivity index (χ3v) is 9.33. The molecule has 3 aliphatic heterocycles. The Hall–Kier alpha value is -2.06. The van der Waals surface area contributed by atoms with Gasteiger partial charge in [0.05, 0.1) is 23.2 Å². The van der Waals surface area contributed by atoms with Crippen LogP contribution in [0.4, 0.5) is 5.69 Å². The van der Waals surface area contributed by atoms with Gasteiger partial charge < -0.3 is 20.6 Å². The lowest BCUT2D eigenvalue weighted by atomic mass is 9.66. The first kappa shape index (κ1) is 23.1. The number of carbonyl (C=O) groups excluding carboxylic acids is 3. The molecule has 2 bridgehead atoms. The van der Waals surface area contributed by atoms with Crippen molar-refractivity contribution >= 4 is 35.2 Å². The van der Waals surface area contributed by atoms with Crippen molar-refractivity contribution in [1.29, 1.82) is 0 Å². The van der Waals surface area contributed by atoms with Crippen molar-refractivity contribution in [2.24, 2.45) is 11.8 Å². The van der Waals surface area contributed by atoms with Gasteiger partial charge in [-0.25, -0.2) is 0 Å². The van der Waals surface area contributed by atoms with E-state index in [4.69, 9.17) is 0 Å². The number of carbonyl (C=O) groups is 3. The first-order valence-electron chi connectivity index (χ1n) is 11.5. The lowest BCUT2D eigenvalue weighted by Crippen LogP contribution is -2.52. The quantitative estimate of drug-likeness (QED) is 0.581. The van der Waals surface area contributed by atoms with E-state index in [0.717, 1.165) is 29.7 Å². The van der Waals surface area contributed by atoms with Gasteiger partial charge in [0, 0.05) is 23.5 Å². The van der Waals surface area contributed by atoms with Gasteiger partial charge in [0.15, 0.2) is 0 Å². The van der Waals surface area contributed by atoms with Crippen LogP contribution in [0.1, 0.15) is 44.2 Å². The fourth-order valence-corrected chi connectivity index (χ4v) is 8.26. The molecule has 5 atom stereocenters. The minimum absolute atomic E-state index is 0.0859. The van der Waals surface area contributed by atoms with Crippen molar-refractivity contribution in [3.63, 3.8) is 0 Å². The van der Waals surface area contributed by atoms with Gasteiger partial charge in [-0.05, 0) is 57.2 Å². The number of hydrogen-bond donors (Lipinski definition) is 3. The summed E-state index contributed by atoms with van der Waals surface area (Å²) >= 11 is 1.64. The van der Waals surface area contributed by atoms with Crippen molar-refractivity contribution in [2.75, 3.05) is 25.0 Å². The number of hydrogen-bond acceptors (Lipinski definition) is 5. The van der Waals surface area contributed by atoms with Crippen LogP contribution in [0.25, 0.3) is 0 Å². The molecule has 3 heterocycles. The highest BCUT2D eigenvalue weighted by atomic mass is 32.2. The Labute approximate surface area is 193 Å². The third kappa shape index (κ3) is 3.43. The van der Waals surface area contributed by atoms with Gasteiger partial charge in [-0.3, -0.25) is 14.4 Å². The number of thioether (sulfide) groups is 1. The number of aryl methyl sites for hydroxylation is 2. The zero-order valence-corrected chi connectivity index (χ0v) is 20.1. The Morgan fingerprint density at radius 3 is 2.69 bits per heavy atom. The Morgan fingerprint density at radius 2 is 2.00 bits per heavy atom. The SMILES string of the molecule is CCCNC(=O)[C@H]1[C@H]2C(=O)N(CCO)C(C(=O)Nc3cc(C)ccc3C)C23CC[C@]1(C)S3. The van der Waals surface area contributed by atoms with Crippen LogP contribution in [0.15, 0.2) is 18.2 Å². The highest BCUT2D eigenvalue weighted by Gasteiger charge is 2.76. The lowest BCUT2D eigenvalue weighted by Gasteiger charge is -2.34. The molecule has 4 rings (SSSR count). The van der Waals surface area contributed by atoms with E-state index in [9.17, 15) is 19.5 Å². The number of fused-ring (bicyclic) bond motifs is 1. The summed E-state index contributed by atoms with van der Waals surface area (Å²) in [7, 11) is 0. The van der Waals surface area contributed by atoms with E-state index in [-0.39, 0.29) is 35.6 Å². The van der Waals surface area contributed by atoms with Crippen LogP contribution in [0.2, 0.25) is 0 Å². The number of amides is 3. The number of aliphatic hydroxyl groups excluding tert-OH is 1. The van der Waals surface area contributed by atoms with Gasteiger partial charge in [0.2, 0.25) is 17.7 Å². The fraction of sp³-hybridized carbons (Fsp3) is 0.625. The van der Waals surface area contributed by atoms with Gasteiger partial charge in [0.1, 0.15) is 6.04 Å². The number of nitrogens with zero attached hydrogens (tertiary/aromatic N) is 1. The van der Waals surface area contributed by atoms with Crippen molar-refractivity contribution < 1.29 is 19.5 Å². The summed E-state index contributed by atoms with van der Waals surface area (Å²) in [4.78, 5) is 42.0. The highest BCUT2D eigenvalue weighted by molar-refractivity contribution is 8.02. The summed E-state index contributed by atoms with van der Waals surface area (Å²) in [6.45, 7) is 8.39.